The molecule has 3 nitrogen and oxygen atoms in total. The number of para-hydroxylation sites is 2. The van der Waals surface area contributed by atoms with E-state index in [1.54, 1.807) is 0 Å². The second-order valence-electron chi connectivity index (χ2n) is 14.0. The first-order chi connectivity index (χ1) is 24.8. The van der Waals surface area contributed by atoms with Crippen molar-refractivity contribution in [3.8, 4) is 16.8 Å². The summed E-state index contributed by atoms with van der Waals surface area (Å²) in [4.78, 5) is 5.62. The van der Waals surface area contributed by atoms with Gasteiger partial charge in [0.05, 0.1) is 16.6 Å². The van der Waals surface area contributed by atoms with E-state index in [1.807, 2.05) is 0 Å². The molecule has 0 saturated carbocycles. The Morgan fingerprint density at radius 3 is 2.28 bits per heavy atom. The number of aliphatic imine (C=N–C) groups is 1. The number of allylic oxidation sites excluding steroid dienone is 10. The summed E-state index contributed by atoms with van der Waals surface area (Å²) in [5, 5.41) is 3.97. The molecule has 0 N–H and O–H groups in total. The second kappa shape index (κ2) is 12.0. The third-order valence-corrected chi connectivity index (χ3v) is 11.1. The largest absolute Gasteiger partial charge is 0.318 e. The Morgan fingerprint density at radius 2 is 1.44 bits per heavy atom. The number of aromatic nitrogens is 2. The van der Waals surface area contributed by atoms with Crippen molar-refractivity contribution in [3.05, 3.63) is 168 Å². The summed E-state index contributed by atoms with van der Waals surface area (Å²) >= 11 is 0. The summed E-state index contributed by atoms with van der Waals surface area (Å²) in [5.74, 6) is 0.306. The monoisotopic (exact) mass is 645 g/mol. The van der Waals surface area contributed by atoms with E-state index in [4.69, 9.17) is 4.99 Å². The van der Waals surface area contributed by atoms with E-state index in [2.05, 4.69) is 161 Å². The summed E-state index contributed by atoms with van der Waals surface area (Å²) < 4.78 is 5.01. The minimum atomic E-state index is -0.00357. The van der Waals surface area contributed by atoms with Crippen LogP contribution in [0.25, 0.3) is 55.6 Å². The molecule has 50 heavy (non-hydrogen) atoms. The molecule has 3 heterocycles. The van der Waals surface area contributed by atoms with Crippen LogP contribution >= 0.6 is 0 Å². The van der Waals surface area contributed by atoms with Gasteiger partial charge < -0.3 is 9.13 Å². The maximum absolute atomic E-state index is 5.62. The van der Waals surface area contributed by atoms with Crippen LogP contribution in [0, 0.1) is 5.92 Å². The van der Waals surface area contributed by atoms with Crippen molar-refractivity contribution in [2.45, 2.75) is 44.7 Å². The Hall–Kier alpha value is -5.67. The summed E-state index contributed by atoms with van der Waals surface area (Å²) in [6.07, 6.45) is 29.2. The van der Waals surface area contributed by atoms with Gasteiger partial charge in [0.1, 0.15) is 6.17 Å². The van der Waals surface area contributed by atoms with Gasteiger partial charge in [0.25, 0.3) is 0 Å². The molecule has 0 spiro atoms. The lowest BCUT2D eigenvalue weighted by Crippen LogP contribution is -2.21. The van der Waals surface area contributed by atoms with Crippen molar-refractivity contribution in [2.75, 3.05) is 0 Å². The summed E-state index contributed by atoms with van der Waals surface area (Å²) in [5.41, 5.74) is 14.4. The van der Waals surface area contributed by atoms with Crippen LogP contribution in [0.1, 0.15) is 49.5 Å². The normalized spacial score (nSPS) is 20.0. The molecule has 2 aromatic heterocycles. The zero-order valence-electron chi connectivity index (χ0n) is 28.2. The molecule has 10 rings (SSSR count). The van der Waals surface area contributed by atoms with E-state index in [9.17, 15) is 0 Å². The average Bonchev–Trinajstić information content (AvgIpc) is 3.72. The van der Waals surface area contributed by atoms with Crippen LogP contribution in [-0.2, 0) is 6.42 Å². The standard InChI is InChI=1S/C47H39N3/c1-4-16-32(17-5-1)34-30-40(33-18-6-2-7-19-33)48-45(31-34)50-42-27-13-11-23-39(42)47-37(25-15-29-44(47)50)36-24-14-28-43-46(36)38-22-10-12-26-41(38)49(43)35-20-8-3-9-21-35/h1-4,6-10,12-16,18,20-22,24-30,33,45H,5,11,17,19,23,31H2. The zero-order chi connectivity index (χ0) is 33.0. The van der Waals surface area contributed by atoms with Gasteiger partial charge in [-0.05, 0) is 102 Å². The second-order valence-corrected chi connectivity index (χ2v) is 14.0. The predicted molar refractivity (Wildman–Crippen MR) is 211 cm³/mol. The minimum absolute atomic E-state index is 0.00357. The number of fused-ring (bicyclic) bond motifs is 6. The Morgan fingerprint density at radius 1 is 0.640 bits per heavy atom. The number of hydrogen-bond donors (Lipinski definition) is 0. The molecule has 3 aliphatic carbocycles. The molecule has 4 aliphatic rings. The number of dihydropyridines is 1. The van der Waals surface area contributed by atoms with E-state index in [0.29, 0.717) is 5.92 Å². The first-order valence-corrected chi connectivity index (χ1v) is 18.2. The number of hydrogen-bond acceptors (Lipinski definition) is 1. The average molecular weight is 646 g/mol. The molecule has 0 amide bonds. The molecule has 242 valence electrons. The summed E-state index contributed by atoms with van der Waals surface area (Å²) in [7, 11) is 0. The van der Waals surface area contributed by atoms with E-state index < -0.39 is 0 Å². The highest BCUT2D eigenvalue weighted by atomic mass is 15.1. The first-order valence-electron chi connectivity index (χ1n) is 18.2. The van der Waals surface area contributed by atoms with Crippen LogP contribution in [0.2, 0.25) is 0 Å². The lowest BCUT2D eigenvalue weighted by Gasteiger charge is -2.29. The molecular weight excluding hydrogens is 607 g/mol. The zero-order valence-corrected chi connectivity index (χ0v) is 28.2. The lowest BCUT2D eigenvalue weighted by atomic mass is 9.87. The third-order valence-electron chi connectivity index (χ3n) is 11.1. The van der Waals surface area contributed by atoms with Gasteiger partial charge in [0.15, 0.2) is 0 Å². The topological polar surface area (TPSA) is 22.2 Å². The van der Waals surface area contributed by atoms with Crippen LogP contribution in [0.15, 0.2) is 162 Å². The van der Waals surface area contributed by atoms with Gasteiger partial charge in [-0.1, -0.05) is 109 Å². The van der Waals surface area contributed by atoms with Gasteiger partial charge in [-0.2, -0.15) is 0 Å². The third kappa shape index (κ3) is 4.68. The fraction of sp³-hybridized carbons (Fsp3) is 0.170. The molecule has 2 unspecified atom stereocenters. The number of aryl methyl sites for hydroxylation is 1. The Kier molecular flexibility index (Phi) is 7.04. The van der Waals surface area contributed by atoms with Crippen molar-refractivity contribution in [1.29, 1.82) is 0 Å². The fourth-order valence-corrected chi connectivity index (χ4v) is 8.90. The lowest BCUT2D eigenvalue weighted by molar-refractivity contribution is 0.522. The van der Waals surface area contributed by atoms with E-state index in [0.717, 1.165) is 38.5 Å². The first kappa shape index (κ1) is 29.3. The predicted octanol–water partition coefficient (Wildman–Crippen LogP) is 12.0. The maximum atomic E-state index is 5.62. The molecule has 0 saturated heterocycles. The van der Waals surface area contributed by atoms with E-state index in [1.165, 1.54) is 77.6 Å². The minimum Gasteiger partial charge on any atom is -0.318 e. The van der Waals surface area contributed by atoms with Crippen LogP contribution in [-0.4, -0.2) is 14.8 Å². The maximum Gasteiger partial charge on any atom is 0.129 e. The molecule has 2 atom stereocenters. The number of nitrogens with zero attached hydrogens (tertiary/aromatic N) is 3. The van der Waals surface area contributed by atoms with Gasteiger partial charge in [-0.3, -0.25) is 4.99 Å². The fourth-order valence-electron chi connectivity index (χ4n) is 8.90. The molecule has 0 fully saturated rings. The SMILES string of the molecule is C1=CCCC(C2=CC(C3C=CC=CC3)=NC(n3c4c(c5c(-c6cccc7c6c6ccccc6n7-c6ccccc6)cccc53)CCC=C4)C2)=C1. The van der Waals surface area contributed by atoms with Crippen molar-refractivity contribution in [3.63, 3.8) is 0 Å². The molecule has 1 aliphatic heterocycles. The molecule has 3 heteroatoms. The van der Waals surface area contributed by atoms with Gasteiger partial charge in [0, 0.05) is 45.6 Å². The van der Waals surface area contributed by atoms with E-state index in [-0.39, 0.29) is 6.17 Å². The quantitative estimate of drug-likeness (QED) is 0.178. The van der Waals surface area contributed by atoms with Crippen LogP contribution in [0.3, 0.4) is 0 Å². The molecule has 6 aromatic rings. The molecular formula is C47H39N3. The van der Waals surface area contributed by atoms with Gasteiger partial charge in [-0.15, -0.1) is 0 Å². The van der Waals surface area contributed by atoms with Crippen molar-refractivity contribution >= 4 is 44.5 Å². The Bertz CT molecular complexity index is 2540. The number of rotatable bonds is 5. The number of benzene rings is 4. The van der Waals surface area contributed by atoms with Crippen LogP contribution in [0.5, 0.6) is 0 Å². The molecule has 0 radical (unpaired) electrons. The van der Waals surface area contributed by atoms with Crippen molar-refractivity contribution in [2.24, 2.45) is 10.9 Å². The van der Waals surface area contributed by atoms with Crippen LogP contribution < -0.4 is 0 Å². The van der Waals surface area contributed by atoms with Gasteiger partial charge in [0.2, 0.25) is 0 Å². The summed E-state index contributed by atoms with van der Waals surface area (Å²) in [6, 6.07) is 33.5. The highest BCUT2D eigenvalue weighted by molar-refractivity contribution is 6.18. The van der Waals surface area contributed by atoms with Gasteiger partial charge in [-0.25, -0.2) is 0 Å². The van der Waals surface area contributed by atoms with Crippen molar-refractivity contribution < 1.29 is 0 Å². The molecule has 0 bridgehead atoms. The Labute approximate surface area is 293 Å². The smallest absolute Gasteiger partial charge is 0.129 e. The highest BCUT2D eigenvalue weighted by Crippen LogP contribution is 2.46. The Balaban J connectivity index is 1.20. The van der Waals surface area contributed by atoms with Crippen molar-refractivity contribution in [1.82, 2.24) is 9.13 Å². The molecule has 4 aromatic carbocycles. The summed E-state index contributed by atoms with van der Waals surface area (Å²) in [6.45, 7) is 0. The highest BCUT2D eigenvalue weighted by Gasteiger charge is 2.30. The van der Waals surface area contributed by atoms with Gasteiger partial charge >= 0.3 is 0 Å². The van der Waals surface area contributed by atoms with Crippen LogP contribution in [0.4, 0.5) is 0 Å². The van der Waals surface area contributed by atoms with E-state index >= 15 is 0 Å².